The first-order valence-corrected chi connectivity index (χ1v) is 7.04. The molecule has 1 unspecified atom stereocenters. The number of hydrogen-bond acceptors (Lipinski definition) is 2. The predicted molar refractivity (Wildman–Crippen MR) is 78.9 cm³/mol. The van der Waals surface area contributed by atoms with E-state index in [1.54, 1.807) is 0 Å². The molecule has 1 rings (SSSR count). The van der Waals surface area contributed by atoms with Gasteiger partial charge in [0.05, 0.1) is 5.69 Å². The highest BCUT2D eigenvalue weighted by Crippen LogP contribution is 2.31. The van der Waals surface area contributed by atoms with Gasteiger partial charge in [-0.05, 0) is 12.3 Å². The summed E-state index contributed by atoms with van der Waals surface area (Å²) < 4.78 is 2.21. The standard InChI is InChI=1S/C15H29N3/c1-8-11(4)12-13(16)18(9-10(2)3)14(17-12)15(5,6)7/h10-11H,8-9,16H2,1-7H3. The summed E-state index contributed by atoms with van der Waals surface area (Å²) in [4.78, 5) is 4.84. The van der Waals surface area contributed by atoms with Gasteiger partial charge in [0.15, 0.2) is 0 Å². The van der Waals surface area contributed by atoms with E-state index in [0.29, 0.717) is 11.8 Å². The van der Waals surface area contributed by atoms with Crippen LogP contribution in [0.3, 0.4) is 0 Å². The van der Waals surface area contributed by atoms with Crippen molar-refractivity contribution in [3.63, 3.8) is 0 Å². The van der Waals surface area contributed by atoms with Gasteiger partial charge in [-0.2, -0.15) is 0 Å². The van der Waals surface area contributed by atoms with Crippen LogP contribution in [-0.4, -0.2) is 9.55 Å². The van der Waals surface area contributed by atoms with E-state index in [9.17, 15) is 0 Å². The first-order chi connectivity index (χ1) is 8.18. The van der Waals surface area contributed by atoms with Crippen molar-refractivity contribution in [1.82, 2.24) is 9.55 Å². The van der Waals surface area contributed by atoms with E-state index < -0.39 is 0 Å². The zero-order valence-electron chi connectivity index (χ0n) is 13.0. The van der Waals surface area contributed by atoms with Crippen molar-refractivity contribution in [3.8, 4) is 0 Å². The fraction of sp³-hybridized carbons (Fsp3) is 0.800. The van der Waals surface area contributed by atoms with Crippen molar-refractivity contribution in [1.29, 1.82) is 0 Å². The minimum atomic E-state index is 0.0364. The molecule has 0 aromatic carbocycles. The second-order valence-electron chi connectivity index (χ2n) is 6.77. The molecule has 0 amide bonds. The summed E-state index contributed by atoms with van der Waals surface area (Å²) in [5.41, 5.74) is 7.43. The van der Waals surface area contributed by atoms with Crippen LogP contribution in [0.5, 0.6) is 0 Å². The SMILES string of the molecule is CCC(C)c1nc(C(C)(C)C)n(CC(C)C)c1N. The molecule has 2 N–H and O–H groups in total. The van der Waals surface area contributed by atoms with E-state index in [4.69, 9.17) is 10.7 Å². The molecule has 0 aliphatic heterocycles. The number of nitrogen functional groups attached to an aromatic ring is 1. The van der Waals surface area contributed by atoms with Crippen LogP contribution in [0.15, 0.2) is 0 Å². The number of hydrogen-bond donors (Lipinski definition) is 1. The Morgan fingerprint density at radius 3 is 2.17 bits per heavy atom. The van der Waals surface area contributed by atoms with Gasteiger partial charge in [0.2, 0.25) is 0 Å². The molecule has 0 fully saturated rings. The molecule has 1 aromatic heterocycles. The van der Waals surface area contributed by atoms with E-state index in [2.05, 4.69) is 53.0 Å². The van der Waals surface area contributed by atoms with E-state index in [-0.39, 0.29) is 5.41 Å². The van der Waals surface area contributed by atoms with E-state index in [0.717, 1.165) is 30.3 Å². The fourth-order valence-corrected chi connectivity index (χ4v) is 2.16. The lowest BCUT2D eigenvalue weighted by Crippen LogP contribution is -2.21. The van der Waals surface area contributed by atoms with Crippen LogP contribution >= 0.6 is 0 Å². The van der Waals surface area contributed by atoms with Crippen molar-refractivity contribution in [3.05, 3.63) is 11.5 Å². The number of rotatable bonds is 4. The minimum Gasteiger partial charge on any atom is -0.384 e. The maximum Gasteiger partial charge on any atom is 0.127 e. The molecule has 0 saturated heterocycles. The molecule has 1 aromatic rings. The topological polar surface area (TPSA) is 43.8 Å². The Morgan fingerprint density at radius 2 is 1.78 bits per heavy atom. The second kappa shape index (κ2) is 5.33. The van der Waals surface area contributed by atoms with Crippen molar-refractivity contribution in [2.45, 2.75) is 72.8 Å². The van der Waals surface area contributed by atoms with Gasteiger partial charge in [0.25, 0.3) is 0 Å². The summed E-state index contributed by atoms with van der Waals surface area (Å²) in [7, 11) is 0. The molecule has 0 aliphatic carbocycles. The molecule has 0 radical (unpaired) electrons. The summed E-state index contributed by atoms with van der Waals surface area (Å²) >= 11 is 0. The normalized spacial score (nSPS) is 14.2. The lowest BCUT2D eigenvalue weighted by atomic mass is 9.95. The number of imidazole rings is 1. The highest BCUT2D eigenvalue weighted by molar-refractivity contribution is 5.41. The van der Waals surface area contributed by atoms with Crippen molar-refractivity contribution in [2.24, 2.45) is 5.92 Å². The molecule has 3 nitrogen and oxygen atoms in total. The fourth-order valence-electron chi connectivity index (χ4n) is 2.16. The Hall–Kier alpha value is -0.990. The predicted octanol–water partition coefficient (Wildman–Crippen LogP) is 3.93. The zero-order chi connectivity index (χ0) is 14.1. The number of aromatic nitrogens is 2. The van der Waals surface area contributed by atoms with Gasteiger partial charge in [-0.3, -0.25) is 0 Å². The highest BCUT2D eigenvalue weighted by Gasteiger charge is 2.26. The van der Waals surface area contributed by atoms with E-state index in [1.807, 2.05) is 0 Å². The van der Waals surface area contributed by atoms with Crippen LogP contribution in [0.2, 0.25) is 0 Å². The number of anilines is 1. The van der Waals surface area contributed by atoms with Crippen molar-refractivity contribution >= 4 is 5.82 Å². The lowest BCUT2D eigenvalue weighted by Gasteiger charge is -2.21. The van der Waals surface area contributed by atoms with Gasteiger partial charge in [0, 0.05) is 17.9 Å². The summed E-state index contributed by atoms with van der Waals surface area (Å²) in [6, 6.07) is 0. The van der Waals surface area contributed by atoms with Gasteiger partial charge in [-0.15, -0.1) is 0 Å². The van der Waals surface area contributed by atoms with Crippen molar-refractivity contribution in [2.75, 3.05) is 5.73 Å². The largest absolute Gasteiger partial charge is 0.384 e. The maximum absolute atomic E-state index is 6.33. The molecule has 0 aliphatic rings. The molecule has 3 heteroatoms. The van der Waals surface area contributed by atoms with Crippen LogP contribution in [0.4, 0.5) is 5.82 Å². The molecule has 0 spiro atoms. The Kier molecular flexibility index (Phi) is 4.46. The average Bonchev–Trinajstić information content (AvgIpc) is 2.54. The minimum absolute atomic E-state index is 0.0364. The smallest absolute Gasteiger partial charge is 0.127 e. The van der Waals surface area contributed by atoms with Gasteiger partial charge in [-0.25, -0.2) is 4.98 Å². The van der Waals surface area contributed by atoms with Crippen LogP contribution in [0.1, 0.15) is 72.3 Å². The number of nitrogens with two attached hydrogens (primary N) is 1. The third kappa shape index (κ3) is 3.06. The summed E-state index contributed by atoms with van der Waals surface area (Å²) in [6.45, 7) is 16.4. The molecule has 0 saturated carbocycles. The van der Waals surface area contributed by atoms with Crippen LogP contribution in [0.25, 0.3) is 0 Å². The molecule has 1 heterocycles. The molecule has 18 heavy (non-hydrogen) atoms. The molecule has 104 valence electrons. The first kappa shape index (κ1) is 15.1. The van der Waals surface area contributed by atoms with Gasteiger partial charge >= 0.3 is 0 Å². The molecule has 0 bridgehead atoms. The average molecular weight is 251 g/mol. The monoisotopic (exact) mass is 251 g/mol. The first-order valence-electron chi connectivity index (χ1n) is 7.04. The third-order valence-corrected chi connectivity index (χ3v) is 3.33. The zero-order valence-corrected chi connectivity index (χ0v) is 13.0. The van der Waals surface area contributed by atoms with Gasteiger partial charge < -0.3 is 10.3 Å². The molecule has 1 atom stereocenters. The van der Waals surface area contributed by atoms with Gasteiger partial charge in [0.1, 0.15) is 11.6 Å². The van der Waals surface area contributed by atoms with Crippen LogP contribution < -0.4 is 5.73 Å². The molecular weight excluding hydrogens is 222 g/mol. The highest BCUT2D eigenvalue weighted by atomic mass is 15.2. The maximum atomic E-state index is 6.33. The van der Waals surface area contributed by atoms with E-state index >= 15 is 0 Å². The summed E-state index contributed by atoms with van der Waals surface area (Å²) in [5, 5.41) is 0. The van der Waals surface area contributed by atoms with Crippen molar-refractivity contribution < 1.29 is 0 Å². The Morgan fingerprint density at radius 1 is 1.22 bits per heavy atom. The number of nitrogens with zero attached hydrogens (tertiary/aromatic N) is 2. The third-order valence-electron chi connectivity index (χ3n) is 3.33. The quantitative estimate of drug-likeness (QED) is 0.881. The van der Waals surface area contributed by atoms with Crippen LogP contribution in [0, 0.1) is 5.92 Å². The Balaban J connectivity index is 3.32. The Labute approximate surface area is 112 Å². The summed E-state index contributed by atoms with van der Waals surface area (Å²) in [5.74, 6) is 2.99. The van der Waals surface area contributed by atoms with Crippen LogP contribution in [-0.2, 0) is 12.0 Å². The lowest BCUT2D eigenvalue weighted by molar-refractivity contribution is 0.454. The molecular formula is C15H29N3. The summed E-state index contributed by atoms with van der Waals surface area (Å²) in [6.07, 6.45) is 1.08. The second-order valence-corrected chi connectivity index (χ2v) is 6.77. The van der Waals surface area contributed by atoms with E-state index in [1.165, 1.54) is 0 Å². The van der Waals surface area contributed by atoms with Gasteiger partial charge in [-0.1, -0.05) is 48.5 Å². The Bertz CT molecular complexity index is 397.